The standard InChI is InChI=1S/C28H17ClF2N2O5/c29-16-8-5-14(6-9-16)24(34)21-23(22-25(35)17-3-1-2-4-20(17)38-27(22)36)28(37,33-12-11-32-26(21)33)15-7-10-18(30)19(31)13-15/h1-10,13,35,37H,11-12H2. The van der Waals surface area contributed by atoms with Crippen LogP contribution in [0.2, 0.25) is 5.02 Å². The van der Waals surface area contributed by atoms with Gasteiger partial charge in [-0.3, -0.25) is 9.79 Å². The monoisotopic (exact) mass is 534 g/mol. The van der Waals surface area contributed by atoms with E-state index < -0.39 is 40.1 Å². The van der Waals surface area contributed by atoms with Gasteiger partial charge in [0.05, 0.1) is 17.5 Å². The molecule has 0 fully saturated rings. The van der Waals surface area contributed by atoms with Gasteiger partial charge in [-0.1, -0.05) is 29.8 Å². The fraction of sp³-hybridized carbons (Fsp3) is 0.107. The minimum Gasteiger partial charge on any atom is -0.506 e. The Hall–Kier alpha value is -4.34. The quantitative estimate of drug-likeness (QED) is 0.292. The predicted octanol–water partition coefficient (Wildman–Crippen LogP) is 4.64. The molecule has 2 aliphatic rings. The highest BCUT2D eigenvalue weighted by Gasteiger charge is 2.55. The SMILES string of the molecule is O=C(C1=C(c2c(O)c3ccccc3oc2=O)C(O)(c2ccc(F)c(F)c2)N2CCN=C12)c1ccc(Cl)cc1. The van der Waals surface area contributed by atoms with E-state index in [0.717, 1.165) is 18.2 Å². The maximum atomic E-state index is 14.4. The van der Waals surface area contributed by atoms with Crippen LogP contribution in [0.5, 0.6) is 5.75 Å². The van der Waals surface area contributed by atoms with Crippen LogP contribution >= 0.6 is 11.6 Å². The highest BCUT2D eigenvalue weighted by molar-refractivity contribution is 6.35. The third kappa shape index (κ3) is 3.39. The number of aliphatic hydroxyl groups is 1. The molecule has 1 aromatic heterocycles. The van der Waals surface area contributed by atoms with Crippen LogP contribution in [0, 0.1) is 11.6 Å². The van der Waals surface area contributed by atoms with Crippen molar-refractivity contribution in [1.82, 2.24) is 4.90 Å². The Morgan fingerprint density at radius 3 is 2.53 bits per heavy atom. The normalized spacial score (nSPS) is 18.7. The fourth-order valence-electron chi connectivity index (χ4n) is 5.02. The molecule has 3 heterocycles. The van der Waals surface area contributed by atoms with E-state index in [-0.39, 0.29) is 52.2 Å². The van der Waals surface area contributed by atoms with E-state index >= 15 is 0 Å². The molecule has 0 spiro atoms. The average molecular weight is 535 g/mol. The van der Waals surface area contributed by atoms with Crippen molar-refractivity contribution in [3.8, 4) is 5.75 Å². The summed E-state index contributed by atoms with van der Waals surface area (Å²) in [6, 6.07) is 14.9. The molecule has 0 radical (unpaired) electrons. The van der Waals surface area contributed by atoms with Crippen molar-refractivity contribution in [3.05, 3.63) is 116 Å². The number of para-hydroxylation sites is 1. The fourth-order valence-corrected chi connectivity index (χ4v) is 5.15. The summed E-state index contributed by atoms with van der Waals surface area (Å²) in [7, 11) is 0. The number of benzene rings is 3. The molecule has 6 rings (SSSR count). The Morgan fingerprint density at radius 2 is 1.79 bits per heavy atom. The lowest BCUT2D eigenvalue weighted by molar-refractivity contribution is -0.00899. The Balaban J connectivity index is 1.74. The number of nitrogens with zero attached hydrogens (tertiary/aromatic N) is 2. The first-order chi connectivity index (χ1) is 18.2. The van der Waals surface area contributed by atoms with Gasteiger partial charge in [-0.05, 0) is 48.5 Å². The van der Waals surface area contributed by atoms with E-state index in [2.05, 4.69) is 4.99 Å². The molecular weight excluding hydrogens is 518 g/mol. The van der Waals surface area contributed by atoms with Crippen molar-refractivity contribution in [2.24, 2.45) is 4.99 Å². The lowest BCUT2D eigenvalue weighted by Crippen LogP contribution is -2.45. The number of hydrogen-bond donors (Lipinski definition) is 2. The molecule has 0 amide bonds. The van der Waals surface area contributed by atoms with Gasteiger partial charge in [0.15, 0.2) is 23.1 Å². The van der Waals surface area contributed by atoms with Gasteiger partial charge < -0.3 is 19.5 Å². The molecule has 1 unspecified atom stereocenters. The van der Waals surface area contributed by atoms with Gasteiger partial charge in [0.25, 0.3) is 0 Å². The summed E-state index contributed by atoms with van der Waals surface area (Å²) in [6.45, 7) is 0.274. The average Bonchev–Trinajstić information content (AvgIpc) is 3.47. The van der Waals surface area contributed by atoms with Crippen LogP contribution in [0.15, 0.2) is 86.5 Å². The number of aromatic hydroxyl groups is 1. The van der Waals surface area contributed by atoms with Gasteiger partial charge in [-0.2, -0.15) is 0 Å². The van der Waals surface area contributed by atoms with Crippen LogP contribution < -0.4 is 5.63 Å². The number of carbonyl (C=O) groups is 1. The lowest BCUT2D eigenvalue weighted by atomic mass is 9.85. The third-order valence-corrected chi connectivity index (χ3v) is 7.00. The smallest absolute Gasteiger partial charge is 0.347 e. The molecule has 0 bridgehead atoms. The van der Waals surface area contributed by atoms with Gasteiger partial charge in [-0.15, -0.1) is 0 Å². The molecule has 190 valence electrons. The highest BCUT2D eigenvalue weighted by atomic mass is 35.5. The minimum atomic E-state index is -2.38. The zero-order valence-electron chi connectivity index (χ0n) is 19.4. The maximum absolute atomic E-state index is 14.4. The Labute approximate surface area is 218 Å². The number of ketones is 1. The summed E-state index contributed by atoms with van der Waals surface area (Å²) >= 11 is 5.99. The molecule has 0 saturated heterocycles. The molecule has 0 saturated carbocycles. The Morgan fingerprint density at radius 1 is 1.05 bits per heavy atom. The number of rotatable bonds is 4. The van der Waals surface area contributed by atoms with Gasteiger partial charge in [-0.25, -0.2) is 13.6 Å². The molecule has 2 N–H and O–H groups in total. The molecule has 10 heteroatoms. The summed E-state index contributed by atoms with van der Waals surface area (Å²) in [5.41, 5.74) is -4.38. The number of hydrogen-bond acceptors (Lipinski definition) is 7. The zero-order valence-corrected chi connectivity index (χ0v) is 20.2. The molecule has 7 nitrogen and oxygen atoms in total. The van der Waals surface area contributed by atoms with E-state index in [1.165, 1.54) is 41.3 Å². The molecule has 3 aromatic carbocycles. The second-order valence-corrected chi connectivity index (χ2v) is 9.29. The predicted molar refractivity (Wildman–Crippen MR) is 136 cm³/mol. The van der Waals surface area contributed by atoms with E-state index in [1.54, 1.807) is 12.1 Å². The van der Waals surface area contributed by atoms with Gasteiger partial charge in [0.2, 0.25) is 0 Å². The number of fused-ring (bicyclic) bond motifs is 2. The van der Waals surface area contributed by atoms with Gasteiger partial charge >= 0.3 is 5.63 Å². The summed E-state index contributed by atoms with van der Waals surface area (Å²) < 4.78 is 33.8. The molecule has 4 aromatic rings. The van der Waals surface area contributed by atoms with Crippen LogP contribution in [0.1, 0.15) is 21.5 Å². The van der Waals surface area contributed by atoms with Crippen molar-refractivity contribution in [2.45, 2.75) is 5.72 Å². The minimum absolute atomic E-state index is 0.0409. The summed E-state index contributed by atoms with van der Waals surface area (Å²) in [6.07, 6.45) is 0. The number of aliphatic imine (C=N–C) groups is 1. The van der Waals surface area contributed by atoms with Crippen LogP contribution in [-0.4, -0.2) is 39.8 Å². The second kappa shape index (κ2) is 8.61. The van der Waals surface area contributed by atoms with Crippen molar-refractivity contribution >= 4 is 39.8 Å². The molecular formula is C28H17ClF2N2O5. The van der Waals surface area contributed by atoms with Crippen molar-refractivity contribution in [3.63, 3.8) is 0 Å². The lowest BCUT2D eigenvalue weighted by Gasteiger charge is -2.35. The molecule has 1 atom stereocenters. The van der Waals surface area contributed by atoms with E-state index in [0.29, 0.717) is 5.02 Å². The first-order valence-corrected chi connectivity index (χ1v) is 11.9. The second-order valence-electron chi connectivity index (χ2n) is 8.85. The summed E-state index contributed by atoms with van der Waals surface area (Å²) in [5.74, 6) is -3.54. The number of halogens is 3. The Kier molecular flexibility index (Phi) is 5.44. The van der Waals surface area contributed by atoms with Crippen molar-refractivity contribution < 1.29 is 28.2 Å². The summed E-state index contributed by atoms with van der Waals surface area (Å²) in [4.78, 5) is 33.0. The van der Waals surface area contributed by atoms with E-state index in [9.17, 15) is 28.6 Å². The molecule has 2 aliphatic heterocycles. The third-order valence-electron chi connectivity index (χ3n) is 6.75. The first kappa shape index (κ1) is 24.0. The zero-order chi connectivity index (χ0) is 26.8. The topological polar surface area (TPSA) is 103 Å². The van der Waals surface area contributed by atoms with Gasteiger partial charge in [0, 0.05) is 28.3 Å². The van der Waals surface area contributed by atoms with E-state index in [4.69, 9.17) is 16.0 Å². The van der Waals surface area contributed by atoms with Crippen molar-refractivity contribution in [1.29, 1.82) is 0 Å². The highest BCUT2D eigenvalue weighted by Crippen LogP contribution is 2.51. The van der Waals surface area contributed by atoms with Crippen LogP contribution in [0.4, 0.5) is 8.78 Å². The van der Waals surface area contributed by atoms with Crippen molar-refractivity contribution in [2.75, 3.05) is 13.1 Å². The molecule has 38 heavy (non-hydrogen) atoms. The number of Topliss-reactive ketones (excluding diaryl/α,β-unsaturated/α-hetero) is 1. The number of amidine groups is 1. The largest absolute Gasteiger partial charge is 0.506 e. The maximum Gasteiger partial charge on any atom is 0.347 e. The number of carbonyl (C=O) groups excluding carboxylic acids is 1. The molecule has 0 aliphatic carbocycles. The summed E-state index contributed by atoms with van der Waals surface area (Å²) in [5, 5.41) is 24.2. The van der Waals surface area contributed by atoms with Crippen LogP contribution in [-0.2, 0) is 5.72 Å². The van der Waals surface area contributed by atoms with Gasteiger partial charge in [0.1, 0.15) is 22.7 Å². The van der Waals surface area contributed by atoms with Crippen LogP contribution in [0.3, 0.4) is 0 Å². The Bertz CT molecular complexity index is 1780. The van der Waals surface area contributed by atoms with E-state index in [1.807, 2.05) is 0 Å². The first-order valence-electron chi connectivity index (χ1n) is 11.5. The van der Waals surface area contributed by atoms with Crippen LogP contribution in [0.25, 0.3) is 16.5 Å².